The minimum Gasteiger partial charge on any atom is -0.480 e. The molecular weight excluding hydrogens is 364 g/mol. The Balaban J connectivity index is 1.78. The van der Waals surface area contributed by atoms with Crippen LogP contribution in [0.5, 0.6) is 0 Å². The lowest BCUT2D eigenvalue weighted by molar-refractivity contribution is -0.151. The average Bonchev–Trinajstić information content (AvgIpc) is 3.14. The number of carboxylic acids is 1. The van der Waals surface area contributed by atoms with Gasteiger partial charge in [0.1, 0.15) is 12.0 Å². The van der Waals surface area contributed by atoms with Gasteiger partial charge in [0, 0.05) is 17.6 Å². The van der Waals surface area contributed by atoms with Gasteiger partial charge >= 0.3 is 5.97 Å². The summed E-state index contributed by atoms with van der Waals surface area (Å²) in [5.74, 6) is -2.38. The number of anilines is 1. The van der Waals surface area contributed by atoms with Crippen molar-refractivity contribution < 1.29 is 19.5 Å². The molecule has 0 unspecified atom stereocenters. The summed E-state index contributed by atoms with van der Waals surface area (Å²) < 4.78 is 0.797. The topological polar surface area (TPSA) is 77.9 Å². The Morgan fingerprint density at radius 2 is 1.91 bits per heavy atom. The van der Waals surface area contributed by atoms with E-state index in [1.54, 1.807) is 4.90 Å². The van der Waals surface area contributed by atoms with Gasteiger partial charge in [-0.25, -0.2) is 4.79 Å². The van der Waals surface area contributed by atoms with Crippen molar-refractivity contribution in [2.45, 2.75) is 25.3 Å². The standard InChI is InChI=1S/C16H17BrN2O4/c17-11-4-1-2-5-12(11)19-9-7-10(15(19)21)14(20)18-8-3-6-13(18)16(22)23/h1-2,4-5,10,13H,3,6-9H2,(H,22,23)/t10-,13+/m1/s1. The molecule has 6 nitrogen and oxygen atoms in total. The van der Waals surface area contributed by atoms with Crippen molar-refractivity contribution in [3.8, 4) is 0 Å². The largest absolute Gasteiger partial charge is 0.480 e. The molecule has 2 amide bonds. The van der Waals surface area contributed by atoms with Gasteiger partial charge < -0.3 is 14.9 Å². The van der Waals surface area contributed by atoms with Crippen molar-refractivity contribution in [2.75, 3.05) is 18.0 Å². The Morgan fingerprint density at radius 1 is 1.17 bits per heavy atom. The first-order valence-corrected chi connectivity index (χ1v) is 8.39. The van der Waals surface area contributed by atoms with Gasteiger partial charge in [-0.3, -0.25) is 9.59 Å². The fourth-order valence-electron chi connectivity index (χ4n) is 3.31. The van der Waals surface area contributed by atoms with Gasteiger partial charge in [-0.15, -0.1) is 0 Å². The first kappa shape index (κ1) is 16.0. The molecule has 1 N–H and O–H groups in total. The van der Waals surface area contributed by atoms with Crippen LogP contribution in [0.3, 0.4) is 0 Å². The van der Waals surface area contributed by atoms with E-state index in [9.17, 15) is 19.5 Å². The third kappa shape index (κ3) is 2.85. The number of benzene rings is 1. The van der Waals surface area contributed by atoms with Gasteiger partial charge in [-0.1, -0.05) is 12.1 Å². The molecule has 2 aliphatic heterocycles. The number of carbonyl (C=O) groups is 3. The minimum absolute atomic E-state index is 0.252. The Kier molecular flexibility index (Phi) is 4.39. The van der Waals surface area contributed by atoms with E-state index in [0.717, 1.165) is 10.2 Å². The fourth-order valence-corrected chi connectivity index (χ4v) is 3.81. The van der Waals surface area contributed by atoms with Crippen molar-refractivity contribution in [2.24, 2.45) is 5.92 Å². The highest BCUT2D eigenvalue weighted by Crippen LogP contribution is 2.33. The molecule has 0 spiro atoms. The number of hydrogen-bond donors (Lipinski definition) is 1. The molecule has 0 saturated carbocycles. The molecule has 1 aromatic rings. The maximum Gasteiger partial charge on any atom is 0.326 e. The van der Waals surface area contributed by atoms with Crippen LogP contribution in [0.1, 0.15) is 19.3 Å². The van der Waals surface area contributed by atoms with Crippen molar-refractivity contribution in [3.05, 3.63) is 28.7 Å². The Bertz CT molecular complexity index is 663. The van der Waals surface area contributed by atoms with Gasteiger partial charge in [0.2, 0.25) is 11.8 Å². The Morgan fingerprint density at radius 3 is 2.61 bits per heavy atom. The van der Waals surface area contributed by atoms with Crippen molar-refractivity contribution >= 4 is 39.4 Å². The molecule has 0 aliphatic carbocycles. The molecular formula is C16H17BrN2O4. The van der Waals surface area contributed by atoms with Crippen LogP contribution in [0.25, 0.3) is 0 Å². The molecule has 7 heteroatoms. The summed E-state index contributed by atoms with van der Waals surface area (Å²) in [5.41, 5.74) is 0.740. The van der Waals surface area contributed by atoms with Crippen molar-refractivity contribution in [1.29, 1.82) is 0 Å². The number of hydrogen-bond acceptors (Lipinski definition) is 3. The molecule has 2 fully saturated rings. The van der Waals surface area contributed by atoms with E-state index in [0.29, 0.717) is 32.4 Å². The average molecular weight is 381 g/mol. The molecule has 2 saturated heterocycles. The van der Waals surface area contributed by atoms with E-state index < -0.39 is 17.9 Å². The van der Waals surface area contributed by atoms with Crippen LogP contribution in [0.2, 0.25) is 0 Å². The maximum absolute atomic E-state index is 12.6. The highest BCUT2D eigenvalue weighted by molar-refractivity contribution is 9.10. The highest BCUT2D eigenvalue weighted by Gasteiger charge is 2.44. The molecule has 2 atom stereocenters. The van der Waals surface area contributed by atoms with Gasteiger partial charge in [0.25, 0.3) is 0 Å². The summed E-state index contributed by atoms with van der Waals surface area (Å²) in [7, 11) is 0. The number of halogens is 1. The zero-order chi connectivity index (χ0) is 16.6. The summed E-state index contributed by atoms with van der Waals surface area (Å²) in [6.07, 6.45) is 1.54. The quantitative estimate of drug-likeness (QED) is 0.812. The lowest BCUT2D eigenvalue weighted by Crippen LogP contribution is -2.45. The molecule has 2 heterocycles. The zero-order valence-electron chi connectivity index (χ0n) is 12.4. The Hall–Kier alpha value is -1.89. The number of aliphatic carboxylic acids is 1. The van der Waals surface area contributed by atoms with Gasteiger partial charge in [-0.2, -0.15) is 0 Å². The summed E-state index contributed by atoms with van der Waals surface area (Å²) >= 11 is 3.42. The molecule has 3 rings (SSSR count). The summed E-state index contributed by atoms with van der Waals surface area (Å²) in [4.78, 5) is 39.5. The van der Waals surface area contributed by atoms with E-state index in [4.69, 9.17) is 0 Å². The zero-order valence-corrected chi connectivity index (χ0v) is 14.0. The van der Waals surface area contributed by atoms with E-state index >= 15 is 0 Å². The van der Waals surface area contributed by atoms with Crippen molar-refractivity contribution in [1.82, 2.24) is 4.90 Å². The number of rotatable bonds is 3. The van der Waals surface area contributed by atoms with Gasteiger partial charge in [0.05, 0.1) is 5.69 Å². The van der Waals surface area contributed by atoms with Gasteiger partial charge in [0.15, 0.2) is 0 Å². The van der Waals surface area contributed by atoms with Gasteiger partial charge in [-0.05, 0) is 47.3 Å². The first-order chi connectivity index (χ1) is 11.0. The van der Waals surface area contributed by atoms with E-state index in [-0.39, 0.29) is 11.8 Å². The normalized spacial score (nSPS) is 24.3. The molecule has 0 bridgehead atoms. The third-order valence-electron chi connectivity index (χ3n) is 4.47. The second-order valence-corrected chi connectivity index (χ2v) is 6.66. The lowest BCUT2D eigenvalue weighted by Gasteiger charge is -2.24. The number of para-hydroxylation sites is 1. The first-order valence-electron chi connectivity index (χ1n) is 7.60. The molecule has 0 aromatic heterocycles. The summed E-state index contributed by atoms with van der Waals surface area (Å²) in [6.45, 7) is 0.873. The molecule has 2 aliphatic rings. The SMILES string of the molecule is O=C(O)[C@@H]1CCCN1C(=O)[C@H]1CCN(c2ccccc2Br)C1=O. The van der Waals surface area contributed by atoms with Crippen LogP contribution >= 0.6 is 15.9 Å². The summed E-state index contributed by atoms with van der Waals surface area (Å²) in [6, 6.07) is 6.57. The monoisotopic (exact) mass is 380 g/mol. The van der Waals surface area contributed by atoms with Crippen LogP contribution in [0.4, 0.5) is 5.69 Å². The van der Waals surface area contributed by atoms with Crippen LogP contribution in [0.15, 0.2) is 28.7 Å². The molecule has 0 radical (unpaired) electrons. The summed E-state index contributed by atoms with van der Waals surface area (Å²) in [5, 5.41) is 9.21. The second kappa shape index (κ2) is 6.31. The minimum atomic E-state index is -0.996. The van der Waals surface area contributed by atoms with Crippen LogP contribution < -0.4 is 4.90 Å². The Labute approximate surface area is 142 Å². The van der Waals surface area contributed by atoms with E-state index in [1.165, 1.54) is 4.90 Å². The van der Waals surface area contributed by atoms with Crippen LogP contribution in [0, 0.1) is 5.92 Å². The highest BCUT2D eigenvalue weighted by atomic mass is 79.9. The number of amides is 2. The third-order valence-corrected chi connectivity index (χ3v) is 5.14. The predicted octanol–water partition coefficient (Wildman–Crippen LogP) is 1.88. The van der Waals surface area contributed by atoms with Crippen LogP contribution in [-0.4, -0.2) is 46.9 Å². The number of nitrogens with zero attached hydrogens (tertiary/aromatic N) is 2. The van der Waals surface area contributed by atoms with Crippen molar-refractivity contribution in [3.63, 3.8) is 0 Å². The molecule has 1 aromatic carbocycles. The predicted molar refractivity (Wildman–Crippen MR) is 87.0 cm³/mol. The molecule has 122 valence electrons. The fraction of sp³-hybridized carbons (Fsp3) is 0.438. The van der Waals surface area contributed by atoms with E-state index in [1.807, 2.05) is 24.3 Å². The second-order valence-electron chi connectivity index (χ2n) is 5.81. The van der Waals surface area contributed by atoms with Crippen LogP contribution in [-0.2, 0) is 14.4 Å². The molecule has 23 heavy (non-hydrogen) atoms. The number of carbonyl (C=O) groups excluding carboxylic acids is 2. The maximum atomic E-state index is 12.6. The number of likely N-dealkylation sites (tertiary alicyclic amines) is 1. The lowest BCUT2D eigenvalue weighted by atomic mass is 10.1. The van der Waals surface area contributed by atoms with E-state index in [2.05, 4.69) is 15.9 Å². The number of carboxylic acid groups (broad SMARTS) is 1. The smallest absolute Gasteiger partial charge is 0.326 e.